The van der Waals surface area contributed by atoms with Crippen LogP contribution in [-0.2, 0) is 21.4 Å². The summed E-state index contributed by atoms with van der Waals surface area (Å²) >= 11 is 0. The summed E-state index contributed by atoms with van der Waals surface area (Å²) in [6, 6.07) is 9.67. The lowest BCUT2D eigenvalue weighted by Crippen LogP contribution is -2.31. The van der Waals surface area contributed by atoms with E-state index in [0.717, 1.165) is 14.7 Å². The highest BCUT2D eigenvalue weighted by atomic mass is 32.2. The van der Waals surface area contributed by atoms with Crippen LogP contribution in [-0.4, -0.2) is 68.7 Å². The predicted octanol–water partition coefficient (Wildman–Crippen LogP) is 0.444. The van der Waals surface area contributed by atoms with E-state index in [4.69, 9.17) is 14.3 Å². The second kappa shape index (κ2) is 9.18. The normalized spacial score (nSPS) is 11.5. The summed E-state index contributed by atoms with van der Waals surface area (Å²) in [6.07, 6.45) is 0. The number of methoxy groups -OCH3 is 2. The highest BCUT2D eigenvalue weighted by Crippen LogP contribution is 2.27. The number of hydrogen-bond donors (Lipinski definition) is 1. The highest BCUT2D eigenvalue weighted by Gasteiger charge is 2.19. The number of amides is 1. The topological polar surface area (TPSA) is 125 Å². The zero-order valence-corrected chi connectivity index (χ0v) is 18.3. The molecular formula is C19H23N5O6S. The van der Waals surface area contributed by atoms with Crippen LogP contribution in [0.4, 0.5) is 0 Å². The Morgan fingerprint density at radius 3 is 2.52 bits per heavy atom. The summed E-state index contributed by atoms with van der Waals surface area (Å²) < 4.78 is 36.2. The van der Waals surface area contributed by atoms with Crippen LogP contribution in [0.15, 0.2) is 41.3 Å². The van der Waals surface area contributed by atoms with Crippen molar-refractivity contribution in [3.8, 4) is 11.5 Å². The van der Waals surface area contributed by atoms with Gasteiger partial charge in [0.05, 0.1) is 19.1 Å². The number of fused-ring (bicyclic) bond motifs is 1. The number of nitrogens with zero attached hydrogens (tertiary/aromatic N) is 4. The van der Waals surface area contributed by atoms with Gasteiger partial charge in [-0.25, -0.2) is 12.7 Å². The quantitative estimate of drug-likeness (QED) is 0.499. The van der Waals surface area contributed by atoms with Crippen molar-refractivity contribution in [2.45, 2.75) is 11.4 Å². The lowest BCUT2D eigenvalue weighted by Gasteiger charge is -2.12. The zero-order chi connectivity index (χ0) is 22.6. The molecule has 11 nitrogen and oxygen atoms in total. The minimum Gasteiger partial charge on any atom is -0.493 e. The highest BCUT2D eigenvalue weighted by molar-refractivity contribution is 7.89. The molecule has 1 N–H and O–H groups in total. The maximum atomic E-state index is 12.3. The zero-order valence-electron chi connectivity index (χ0n) is 17.5. The van der Waals surface area contributed by atoms with Gasteiger partial charge in [0.25, 0.3) is 5.91 Å². The maximum Gasteiger partial charge on any atom is 0.261 e. The van der Waals surface area contributed by atoms with E-state index in [-0.39, 0.29) is 18.0 Å². The minimum atomic E-state index is -3.63. The number of nitrogens with one attached hydrogen (secondary N) is 1. The molecule has 0 radical (unpaired) electrons. The predicted molar refractivity (Wildman–Crippen MR) is 111 cm³/mol. The Bertz CT molecular complexity index is 1190. The van der Waals surface area contributed by atoms with Crippen molar-refractivity contribution in [1.29, 1.82) is 0 Å². The van der Waals surface area contributed by atoms with Gasteiger partial charge in [0, 0.05) is 20.6 Å². The molecule has 0 fully saturated rings. The van der Waals surface area contributed by atoms with E-state index in [1.807, 2.05) is 0 Å². The molecule has 0 aliphatic carbocycles. The van der Waals surface area contributed by atoms with Crippen molar-refractivity contribution in [2.24, 2.45) is 0 Å². The van der Waals surface area contributed by atoms with E-state index >= 15 is 0 Å². The second-order valence-corrected chi connectivity index (χ2v) is 8.79. The largest absolute Gasteiger partial charge is 0.493 e. The van der Waals surface area contributed by atoms with Crippen LogP contribution in [0.5, 0.6) is 11.5 Å². The van der Waals surface area contributed by atoms with Gasteiger partial charge in [-0.2, -0.15) is 0 Å². The molecule has 0 saturated carbocycles. The van der Waals surface area contributed by atoms with Crippen LogP contribution < -0.4 is 19.6 Å². The molecule has 0 saturated heterocycles. The van der Waals surface area contributed by atoms with Crippen LogP contribution in [0.1, 0.15) is 5.56 Å². The summed E-state index contributed by atoms with van der Waals surface area (Å²) in [6.45, 7) is -0.0811. The van der Waals surface area contributed by atoms with E-state index in [0.29, 0.717) is 22.5 Å². The number of hydrogen-bond acceptors (Lipinski definition) is 8. The molecule has 3 aromatic rings. The van der Waals surface area contributed by atoms with E-state index in [1.54, 1.807) is 25.3 Å². The fraction of sp³-hybridized carbons (Fsp3) is 0.316. The molecule has 0 aliphatic heterocycles. The number of carbonyl (C=O) groups excluding carboxylic acids is 1. The molecule has 0 spiro atoms. The first-order valence-electron chi connectivity index (χ1n) is 9.15. The minimum absolute atomic E-state index is 0.0649. The van der Waals surface area contributed by atoms with Crippen LogP contribution in [0.3, 0.4) is 0 Å². The summed E-state index contributed by atoms with van der Waals surface area (Å²) in [5.74, 6) is 0.758. The van der Waals surface area contributed by atoms with E-state index < -0.39 is 15.9 Å². The molecule has 3 rings (SSSR count). The molecule has 166 valence electrons. The van der Waals surface area contributed by atoms with Crippen LogP contribution in [0.2, 0.25) is 0 Å². The molecule has 0 aliphatic rings. The maximum absolute atomic E-state index is 12.3. The lowest BCUT2D eigenvalue weighted by atomic mass is 10.2. The summed E-state index contributed by atoms with van der Waals surface area (Å²) in [4.78, 5) is 18.7. The summed E-state index contributed by atoms with van der Waals surface area (Å²) in [5, 5.41) is 10.5. The molecule has 31 heavy (non-hydrogen) atoms. The molecule has 0 bridgehead atoms. The Labute approximate surface area is 179 Å². The molecular weight excluding hydrogens is 426 g/mol. The number of rotatable bonds is 9. The van der Waals surface area contributed by atoms with Gasteiger partial charge in [-0.1, -0.05) is 10.9 Å². The van der Waals surface area contributed by atoms with Gasteiger partial charge in [0.15, 0.2) is 18.1 Å². The molecule has 1 aromatic heterocycles. The lowest BCUT2D eigenvalue weighted by molar-refractivity contribution is -0.126. The van der Waals surface area contributed by atoms with Gasteiger partial charge in [-0.3, -0.25) is 4.79 Å². The molecule has 1 heterocycles. The van der Waals surface area contributed by atoms with Gasteiger partial charge >= 0.3 is 0 Å². The van der Waals surface area contributed by atoms with E-state index in [9.17, 15) is 13.2 Å². The van der Waals surface area contributed by atoms with Crippen molar-refractivity contribution in [2.75, 3.05) is 34.9 Å². The Balaban J connectivity index is 1.65. The smallest absolute Gasteiger partial charge is 0.261 e. The van der Waals surface area contributed by atoms with Crippen molar-refractivity contribution in [3.05, 3.63) is 42.0 Å². The van der Waals surface area contributed by atoms with Gasteiger partial charge in [0.1, 0.15) is 11.0 Å². The van der Waals surface area contributed by atoms with E-state index in [1.165, 1.54) is 39.4 Å². The SMILES string of the molecule is COc1ccc(CNC(=O)COn2nnc3ccc(S(=O)(=O)N(C)C)cc32)cc1OC. The third-order valence-electron chi connectivity index (χ3n) is 4.42. The number of ether oxygens (including phenoxy) is 2. The Morgan fingerprint density at radius 2 is 1.84 bits per heavy atom. The van der Waals surface area contributed by atoms with Crippen molar-refractivity contribution in [1.82, 2.24) is 24.8 Å². The monoisotopic (exact) mass is 449 g/mol. The molecule has 12 heteroatoms. The number of carbonyl (C=O) groups is 1. The van der Waals surface area contributed by atoms with Crippen molar-refractivity contribution >= 4 is 27.0 Å². The summed E-state index contributed by atoms with van der Waals surface area (Å²) in [5.41, 5.74) is 1.58. The average Bonchev–Trinajstić information content (AvgIpc) is 3.18. The third kappa shape index (κ3) is 4.86. The average molecular weight is 449 g/mol. The first-order valence-corrected chi connectivity index (χ1v) is 10.6. The molecule has 0 atom stereocenters. The Hall–Kier alpha value is -3.38. The Kier molecular flexibility index (Phi) is 6.61. The first-order chi connectivity index (χ1) is 14.8. The van der Waals surface area contributed by atoms with Crippen LogP contribution in [0, 0.1) is 0 Å². The fourth-order valence-corrected chi connectivity index (χ4v) is 3.63. The van der Waals surface area contributed by atoms with E-state index in [2.05, 4.69) is 15.6 Å². The van der Waals surface area contributed by atoms with Crippen molar-refractivity contribution in [3.63, 3.8) is 0 Å². The van der Waals surface area contributed by atoms with Gasteiger partial charge in [0.2, 0.25) is 10.0 Å². The standard InChI is InChI=1S/C19H23N5O6S/c1-23(2)31(26,27)14-6-7-15-16(10-14)24(22-21-15)30-12-19(25)20-11-13-5-8-17(28-3)18(9-13)29-4/h5-10H,11-12H2,1-4H3,(H,20,25). The second-order valence-electron chi connectivity index (χ2n) is 6.64. The number of aromatic nitrogens is 3. The first kappa shape index (κ1) is 22.3. The van der Waals surface area contributed by atoms with Crippen LogP contribution in [0.25, 0.3) is 11.0 Å². The number of benzene rings is 2. The molecule has 2 aromatic carbocycles. The summed E-state index contributed by atoms with van der Waals surface area (Å²) in [7, 11) is 2.32. The fourth-order valence-electron chi connectivity index (χ4n) is 2.71. The number of sulfonamides is 1. The van der Waals surface area contributed by atoms with Crippen LogP contribution >= 0.6 is 0 Å². The van der Waals surface area contributed by atoms with Gasteiger partial charge in [-0.05, 0) is 41.1 Å². The van der Waals surface area contributed by atoms with Crippen molar-refractivity contribution < 1.29 is 27.5 Å². The molecule has 1 amide bonds. The van der Waals surface area contributed by atoms with Gasteiger partial charge < -0.3 is 19.6 Å². The Morgan fingerprint density at radius 1 is 1.10 bits per heavy atom. The third-order valence-corrected chi connectivity index (χ3v) is 6.23. The molecule has 0 unspecified atom stereocenters. The van der Waals surface area contributed by atoms with Gasteiger partial charge in [-0.15, -0.1) is 5.10 Å².